The first-order valence-electron chi connectivity index (χ1n) is 2.15. The molecule has 1 atom stereocenters. The van der Waals surface area contributed by atoms with Crippen molar-refractivity contribution in [3.8, 4) is 0 Å². The van der Waals surface area contributed by atoms with E-state index in [1.807, 2.05) is 0 Å². The van der Waals surface area contributed by atoms with Crippen LogP contribution in [0, 0.1) is 0 Å². The summed E-state index contributed by atoms with van der Waals surface area (Å²) < 4.78 is 0. The maximum Gasteiger partial charge on any atom is 0.218 e. The molecule has 0 heterocycles. The maximum atomic E-state index is 10.0. The topological polar surface area (TPSA) is 43.1 Å². The van der Waals surface area contributed by atoms with Crippen LogP contribution in [0.1, 0.15) is 6.42 Å². The van der Waals surface area contributed by atoms with E-state index < -0.39 is 5.91 Å². The van der Waals surface area contributed by atoms with Gasteiger partial charge in [-0.05, 0) is 0 Å². The van der Waals surface area contributed by atoms with Crippen LogP contribution in [0.5, 0.6) is 0 Å². The van der Waals surface area contributed by atoms with Gasteiger partial charge in [0.2, 0.25) is 5.91 Å². The lowest BCUT2D eigenvalue weighted by atomic mass is 10.3. The lowest BCUT2D eigenvalue weighted by molar-refractivity contribution is -0.117. The van der Waals surface area contributed by atoms with Crippen molar-refractivity contribution in [1.82, 2.24) is 0 Å². The first-order chi connectivity index (χ1) is 3.66. The first kappa shape index (κ1) is 8.05. The van der Waals surface area contributed by atoms with Gasteiger partial charge in [-0.3, -0.25) is 4.79 Å². The second-order valence-corrected chi connectivity index (χ2v) is 2.35. The summed E-state index contributed by atoms with van der Waals surface area (Å²) in [5.74, 6) is -0.143. The summed E-state index contributed by atoms with van der Waals surface area (Å²) in [5.41, 5.74) is 4.79. The molecule has 0 aliphatic rings. The fraction of sp³-hybridized carbons (Fsp3) is 0.750. The number of carbonyl (C=O) groups excluding carboxylic acids is 1. The van der Waals surface area contributed by atoms with Crippen molar-refractivity contribution >= 4 is 29.1 Å². The molecule has 0 saturated heterocycles. The zero-order valence-corrected chi connectivity index (χ0v) is 5.74. The molecule has 0 aromatic carbocycles. The lowest BCUT2D eigenvalue weighted by Gasteiger charge is -1.97. The monoisotopic (exact) mass is 155 g/mol. The first-order valence-corrected chi connectivity index (χ1v) is 3.12. The largest absolute Gasteiger partial charge is 0.370 e. The Morgan fingerprint density at radius 1 is 1.75 bits per heavy atom. The van der Waals surface area contributed by atoms with Crippen LogP contribution in [0.25, 0.3) is 0 Å². The van der Waals surface area contributed by atoms with Gasteiger partial charge in [0.15, 0.2) is 0 Å². The molecule has 2 N–H and O–H groups in total. The minimum Gasteiger partial charge on any atom is -0.370 e. The van der Waals surface area contributed by atoms with Gasteiger partial charge in [0.1, 0.15) is 0 Å². The zero-order chi connectivity index (χ0) is 6.57. The molecule has 0 aromatic rings. The highest BCUT2D eigenvalue weighted by Crippen LogP contribution is 2.02. The molecule has 8 heavy (non-hydrogen) atoms. The van der Waals surface area contributed by atoms with E-state index in [1.54, 1.807) is 0 Å². The average Bonchev–Trinajstić information content (AvgIpc) is 1.65. The van der Waals surface area contributed by atoms with E-state index in [4.69, 9.17) is 28.9 Å². The van der Waals surface area contributed by atoms with Crippen LogP contribution in [-0.2, 0) is 4.79 Å². The summed E-state index contributed by atoms with van der Waals surface area (Å²) in [4.78, 5) is 10.0. The Morgan fingerprint density at radius 3 is 2.38 bits per heavy atom. The highest BCUT2D eigenvalue weighted by molar-refractivity contribution is 6.28. The summed E-state index contributed by atoms with van der Waals surface area (Å²) in [6.45, 7) is 0. The van der Waals surface area contributed by atoms with Crippen molar-refractivity contribution in [3.63, 3.8) is 0 Å². The van der Waals surface area contributed by atoms with E-state index in [0.29, 0.717) is 0 Å². The Morgan fingerprint density at radius 2 is 2.25 bits per heavy atom. The normalized spacial score (nSPS) is 13.2. The lowest BCUT2D eigenvalue weighted by Crippen LogP contribution is -2.17. The van der Waals surface area contributed by atoms with Gasteiger partial charge in [-0.25, -0.2) is 0 Å². The zero-order valence-electron chi connectivity index (χ0n) is 4.23. The summed E-state index contributed by atoms with van der Waals surface area (Å²) in [5, 5.41) is -0.311. The third-order valence-corrected chi connectivity index (χ3v) is 1.43. The average molecular weight is 156 g/mol. The minimum atomic E-state index is -0.411. The fourth-order valence-electron chi connectivity index (χ4n) is 0.273. The van der Waals surface area contributed by atoms with Crippen LogP contribution in [0.4, 0.5) is 0 Å². The maximum absolute atomic E-state index is 10.0. The number of primary amides is 1. The Balaban J connectivity index is 3.24. The van der Waals surface area contributed by atoms with Gasteiger partial charge in [-0.1, -0.05) is 0 Å². The number of carbonyl (C=O) groups is 1. The van der Waals surface area contributed by atoms with Crippen molar-refractivity contribution in [2.45, 2.75) is 11.8 Å². The van der Waals surface area contributed by atoms with Crippen molar-refractivity contribution in [1.29, 1.82) is 0 Å². The molecule has 4 heteroatoms. The van der Waals surface area contributed by atoms with Gasteiger partial charge >= 0.3 is 0 Å². The molecule has 0 saturated carbocycles. The molecule has 0 bridgehead atoms. The van der Waals surface area contributed by atoms with Crippen LogP contribution < -0.4 is 5.73 Å². The summed E-state index contributed by atoms with van der Waals surface area (Å²) in [6.07, 6.45) is 0.158. The Hall–Kier alpha value is 0.0500. The fourth-order valence-corrected chi connectivity index (χ4v) is 0.534. The highest BCUT2D eigenvalue weighted by Gasteiger charge is 2.04. The molecule has 0 fully saturated rings. The van der Waals surface area contributed by atoms with E-state index >= 15 is 0 Å². The molecule has 2 nitrogen and oxygen atoms in total. The van der Waals surface area contributed by atoms with Crippen LogP contribution in [0.3, 0.4) is 0 Å². The molecule has 1 amide bonds. The Labute approximate surface area is 57.9 Å². The van der Waals surface area contributed by atoms with Crippen LogP contribution in [0.15, 0.2) is 0 Å². The van der Waals surface area contributed by atoms with Crippen molar-refractivity contribution in [3.05, 3.63) is 0 Å². The molecule has 0 aromatic heterocycles. The van der Waals surface area contributed by atoms with Gasteiger partial charge in [0.05, 0.1) is 5.38 Å². The molecular weight excluding hydrogens is 149 g/mol. The molecule has 0 rings (SSSR count). The van der Waals surface area contributed by atoms with E-state index in [2.05, 4.69) is 0 Å². The molecule has 1 unspecified atom stereocenters. The predicted octanol–water partition coefficient (Wildman–Crippen LogP) is 0.708. The van der Waals surface area contributed by atoms with Crippen molar-refractivity contribution in [2.75, 3.05) is 5.88 Å². The Bertz CT molecular complexity index is 86.1. The number of halogens is 2. The molecule has 0 aliphatic heterocycles. The SMILES string of the molecule is NC(=O)CC(Cl)CCl. The Kier molecular flexibility index (Phi) is 4.01. The predicted molar refractivity (Wildman–Crippen MR) is 34.2 cm³/mol. The summed E-state index contributed by atoms with van der Waals surface area (Å²) >= 11 is 10.7. The van der Waals surface area contributed by atoms with E-state index in [9.17, 15) is 4.79 Å². The van der Waals surface area contributed by atoms with Crippen LogP contribution in [0.2, 0.25) is 0 Å². The van der Waals surface area contributed by atoms with Crippen LogP contribution >= 0.6 is 23.2 Å². The number of nitrogens with two attached hydrogens (primary N) is 1. The number of alkyl halides is 2. The van der Waals surface area contributed by atoms with Gasteiger partial charge in [-0.2, -0.15) is 0 Å². The second kappa shape index (κ2) is 3.98. The summed E-state index contributed by atoms with van der Waals surface area (Å²) in [6, 6.07) is 0. The van der Waals surface area contributed by atoms with Gasteiger partial charge < -0.3 is 5.73 Å². The van der Waals surface area contributed by atoms with E-state index in [-0.39, 0.29) is 17.7 Å². The number of hydrogen-bond acceptors (Lipinski definition) is 1. The molecule has 48 valence electrons. The van der Waals surface area contributed by atoms with E-state index in [0.717, 1.165) is 0 Å². The molecule has 0 aliphatic carbocycles. The summed E-state index contributed by atoms with van der Waals surface area (Å²) in [7, 11) is 0. The van der Waals surface area contributed by atoms with Crippen molar-refractivity contribution in [2.24, 2.45) is 5.73 Å². The number of rotatable bonds is 3. The standard InChI is InChI=1S/C4H7Cl2NO/c5-2-3(6)1-4(7)8/h3H,1-2H2,(H2,7,8). The van der Waals surface area contributed by atoms with Gasteiger partial charge in [-0.15, -0.1) is 23.2 Å². The second-order valence-electron chi connectivity index (χ2n) is 1.42. The van der Waals surface area contributed by atoms with Gasteiger partial charge in [0.25, 0.3) is 0 Å². The molecular formula is C4H7Cl2NO. The third-order valence-electron chi connectivity index (χ3n) is 0.590. The van der Waals surface area contributed by atoms with Crippen LogP contribution in [-0.4, -0.2) is 17.2 Å². The smallest absolute Gasteiger partial charge is 0.218 e. The molecule has 0 radical (unpaired) electrons. The number of amides is 1. The van der Waals surface area contributed by atoms with Crippen molar-refractivity contribution < 1.29 is 4.79 Å². The molecule has 0 spiro atoms. The third kappa shape index (κ3) is 4.22. The quantitative estimate of drug-likeness (QED) is 0.600. The van der Waals surface area contributed by atoms with Gasteiger partial charge in [0, 0.05) is 12.3 Å². The number of hydrogen-bond donors (Lipinski definition) is 1. The highest BCUT2D eigenvalue weighted by atomic mass is 35.5. The van der Waals surface area contributed by atoms with E-state index in [1.165, 1.54) is 0 Å². The minimum absolute atomic E-state index is 0.158.